The van der Waals surface area contributed by atoms with E-state index < -0.39 is 5.97 Å². The number of carbonyl (C=O) groups excluding carboxylic acids is 3. The summed E-state index contributed by atoms with van der Waals surface area (Å²) in [7, 11) is 2.83. The lowest BCUT2D eigenvalue weighted by Crippen LogP contribution is -2.16. The summed E-state index contributed by atoms with van der Waals surface area (Å²) in [6, 6.07) is 14.5. The van der Waals surface area contributed by atoms with Crippen LogP contribution >= 0.6 is 11.3 Å². The molecule has 0 saturated carbocycles. The monoisotopic (exact) mass is 452 g/mol. The minimum absolute atomic E-state index is 0.104. The fourth-order valence-corrected chi connectivity index (χ4v) is 4.28. The molecule has 8 heteroatoms. The smallest absolute Gasteiger partial charge is 0.341 e. The molecule has 0 fully saturated rings. The summed E-state index contributed by atoms with van der Waals surface area (Å²) in [6.07, 6.45) is 0.104. The van der Waals surface area contributed by atoms with Crippen LogP contribution in [-0.4, -0.2) is 32.0 Å². The maximum atomic E-state index is 12.9. The largest absolute Gasteiger partial charge is 0.497 e. The molecule has 0 unspecified atom stereocenters. The van der Waals surface area contributed by atoms with Crippen LogP contribution in [0.4, 0.5) is 10.7 Å². The molecule has 0 bridgehead atoms. The molecule has 0 radical (unpaired) electrons. The Balaban J connectivity index is 1.83. The molecule has 7 nitrogen and oxygen atoms in total. The number of anilines is 2. The first-order valence-electron chi connectivity index (χ1n) is 9.85. The Morgan fingerprint density at radius 2 is 1.69 bits per heavy atom. The molecule has 2 amide bonds. The molecule has 166 valence electrons. The second-order valence-corrected chi connectivity index (χ2v) is 8.17. The quantitative estimate of drug-likeness (QED) is 0.511. The van der Waals surface area contributed by atoms with Crippen molar-refractivity contribution in [2.75, 3.05) is 24.9 Å². The molecule has 2 aromatic carbocycles. The molecule has 2 N–H and O–H groups in total. The van der Waals surface area contributed by atoms with Crippen molar-refractivity contribution in [1.82, 2.24) is 0 Å². The lowest BCUT2D eigenvalue weighted by atomic mass is 10.1. The number of carbonyl (C=O) groups is 3. The highest BCUT2D eigenvalue weighted by molar-refractivity contribution is 7.18. The first kappa shape index (κ1) is 23.0. The number of nitrogens with one attached hydrogen (secondary N) is 2. The Labute approximate surface area is 190 Å². The second-order valence-electron chi connectivity index (χ2n) is 7.15. The number of ether oxygens (including phenoxy) is 2. The van der Waals surface area contributed by atoms with Crippen LogP contribution in [-0.2, 0) is 16.0 Å². The first-order valence-corrected chi connectivity index (χ1v) is 10.7. The highest BCUT2D eigenvalue weighted by atomic mass is 32.1. The predicted molar refractivity (Wildman–Crippen MR) is 125 cm³/mol. The van der Waals surface area contributed by atoms with Gasteiger partial charge in [0.1, 0.15) is 10.8 Å². The van der Waals surface area contributed by atoms with Gasteiger partial charge in [0.05, 0.1) is 31.1 Å². The molecule has 3 rings (SSSR count). The Morgan fingerprint density at radius 3 is 2.31 bits per heavy atom. The van der Waals surface area contributed by atoms with Crippen molar-refractivity contribution in [3.63, 3.8) is 0 Å². The summed E-state index contributed by atoms with van der Waals surface area (Å²) >= 11 is 1.04. The summed E-state index contributed by atoms with van der Waals surface area (Å²) in [6.45, 7) is 3.59. The van der Waals surface area contributed by atoms with E-state index >= 15 is 0 Å². The molecule has 1 aromatic heterocycles. The lowest BCUT2D eigenvalue weighted by Gasteiger charge is -2.07. The molecule has 0 aliphatic rings. The fraction of sp³-hybridized carbons (Fsp3) is 0.208. The van der Waals surface area contributed by atoms with Crippen LogP contribution in [0, 0.1) is 13.8 Å². The maximum absolute atomic E-state index is 12.9. The SMILES string of the molecule is COC(=O)c1c(NC(=O)Cc2ccc(OC)cc2)sc(C(=O)Nc2cccc(C)c2)c1C. The van der Waals surface area contributed by atoms with Crippen LogP contribution in [0.5, 0.6) is 5.75 Å². The number of aryl methyl sites for hydroxylation is 1. The van der Waals surface area contributed by atoms with Crippen LogP contribution in [0.3, 0.4) is 0 Å². The zero-order chi connectivity index (χ0) is 23.3. The van der Waals surface area contributed by atoms with Crippen molar-refractivity contribution in [3.05, 3.63) is 75.7 Å². The van der Waals surface area contributed by atoms with Crippen LogP contribution in [0.1, 0.15) is 36.7 Å². The summed E-state index contributed by atoms with van der Waals surface area (Å²) in [5, 5.41) is 5.88. The van der Waals surface area contributed by atoms with Gasteiger partial charge in [-0.3, -0.25) is 9.59 Å². The van der Waals surface area contributed by atoms with Gasteiger partial charge in [-0.25, -0.2) is 4.79 Å². The van der Waals surface area contributed by atoms with Crippen LogP contribution < -0.4 is 15.4 Å². The molecule has 32 heavy (non-hydrogen) atoms. The molecular weight excluding hydrogens is 428 g/mol. The number of hydrogen-bond donors (Lipinski definition) is 2. The van der Waals surface area contributed by atoms with E-state index in [0.29, 0.717) is 21.9 Å². The van der Waals surface area contributed by atoms with Gasteiger partial charge in [0.15, 0.2) is 0 Å². The number of thiophene rings is 1. The van der Waals surface area contributed by atoms with E-state index in [-0.39, 0.29) is 28.8 Å². The second kappa shape index (κ2) is 10.1. The summed E-state index contributed by atoms with van der Waals surface area (Å²) in [4.78, 5) is 38.2. The van der Waals surface area contributed by atoms with Crippen molar-refractivity contribution in [2.24, 2.45) is 0 Å². The number of hydrogen-bond acceptors (Lipinski definition) is 6. The molecule has 0 aliphatic carbocycles. The molecule has 0 spiro atoms. The predicted octanol–water partition coefficient (Wildman–Crippen LogP) is 4.59. The molecule has 0 saturated heterocycles. The molecular formula is C24H24N2O5S. The summed E-state index contributed by atoms with van der Waals surface area (Å²) in [5.74, 6) is -0.598. The summed E-state index contributed by atoms with van der Waals surface area (Å²) in [5.41, 5.74) is 3.07. The minimum Gasteiger partial charge on any atom is -0.497 e. The maximum Gasteiger partial charge on any atom is 0.341 e. The third-order valence-corrected chi connectivity index (χ3v) is 6.00. The van der Waals surface area contributed by atoms with Crippen LogP contribution in [0.25, 0.3) is 0 Å². The molecule has 3 aromatic rings. The van der Waals surface area contributed by atoms with Crippen molar-refractivity contribution < 1.29 is 23.9 Å². The number of esters is 1. The van der Waals surface area contributed by atoms with Crippen molar-refractivity contribution in [1.29, 1.82) is 0 Å². The topological polar surface area (TPSA) is 93.7 Å². The van der Waals surface area contributed by atoms with Gasteiger partial charge in [0.2, 0.25) is 5.91 Å². The third kappa shape index (κ3) is 5.33. The Kier molecular flexibility index (Phi) is 7.27. The summed E-state index contributed by atoms with van der Waals surface area (Å²) < 4.78 is 10.0. The van der Waals surface area contributed by atoms with Gasteiger partial charge in [-0.2, -0.15) is 0 Å². The van der Waals surface area contributed by atoms with E-state index in [9.17, 15) is 14.4 Å². The molecule has 1 heterocycles. The van der Waals surface area contributed by atoms with Crippen molar-refractivity contribution >= 4 is 39.8 Å². The lowest BCUT2D eigenvalue weighted by molar-refractivity contribution is -0.115. The van der Waals surface area contributed by atoms with Crippen molar-refractivity contribution in [3.8, 4) is 5.75 Å². The average molecular weight is 453 g/mol. The highest BCUT2D eigenvalue weighted by Gasteiger charge is 2.26. The normalized spacial score (nSPS) is 10.4. The number of methoxy groups -OCH3 is 2. The van der Waals surface area contributed by atoms with E-state index in [0.717, 1.165) is 22.5 Å². The third-order valence-electron chi connectivity index (χ3n) is 4.80. The van der Waals surface area contributed by atoms with Gasteiger partial charge in [-0.15, -0.1) is 11.3 Å². The van der Waals surface area contributed by atoms with Crippen LogP contribution in [0.2, 0.25) is 0 Å². The highest BCUT2D eigenvalue weighted by Crippen LogP contribution is 2.34. The van der Waals surface area contributed by atoms with E-state index in [1.807, 2.05) is 25.1 Å². The van der Waals surface area contributed by atoms with Crippen molar-refractivity contribution in [2.45, 2.75) is 20.3 Å². The fourth-order valence-electron chi connectivity index (χ4n) is 3.18. The standard InChI is InChI=1S/C24H24N2O5S/c1-14-6-5-7-17(12-14)25-22(28)21-15(2)20(24(29)31-4)23(32-21)26-19(27)13-16-8-10-18(30-3)11-9-16/h5-12H,13H2,1-4H3,(H,25,28)(H,26,27). The number of amides is 2. The zero-order valence-electron chi connectivity index (χ0n) is 18.3. The number of benzene rings is 2. The number of rotatable bonds is 7. The van der Waals surface area contributed by atoms with Crippen LogP contribution in [0.15, 0.2) is 48.5 Å². The Morgan fingerprint density at radius 1 is 0.969 bits per heavy atom. The molecule has 0 atom stereocenters. The van der Waals surface area contributed by atoms with E-state index in [4.69, 9.17) is 9.47 Å². The van der Waals surface area contributed by atoms with Gasteiger partial charge in [-0.05, 0) is 54.8 Å². The van der Waals surface area contributed by atoms with E-state index in [1.54, 1.807) is 44.4 Å². The van der Waals surface area contributed by atoms with Gasteiger partial charge < -0.3 is 20.1 Å². The molecule has 0 aliphatic heterocycles. The zero-order valence-corrected chi connectivity index (χ0v) is 19.1. The Bertz CT molecular complexity index is 1150. The van der Waals surface area contributed by atoms with E-state index in [2.05, 4.69) is 10.6 Å². The van der Waals surface area contributed by atoms with Gasteiger partial charge in [0.25, 0.3) is 5.91 Å². The Hall–Kier alpha value is -3.65. The average Bonchev–Trinajstić information content (AvgIpc) is 3.09. The minimum atomic E-state index is -0.617. The first-order chi connectivity index (χ1) is 15.3. The van der Waals surface area contributed by atoms with Gasteiger partial charge in [-0.1, -0.05) is 24.3 Å². The van der Waals surface area contributed by atoms with Gasteiger partial charge in [0, 0.05) is 5.69 Å². The van der Waals surface area contributed by atoms with E-state index in [1.165, 1.54) is 7.11 Å². The van der Waals surface area contributed by atoms with Gasteiger partial charge >= 0.3 is 5.97 Å².